The zero-order valence-electron chi connectivity index (χ0n) is 10.8. The van der Waals surface area contributed by atoms with E-state index in [4.69, 9.17) is 4.74 Å². The Morgan fingerprint density at radius 1 is 1.44 bits per heavy atom. The highest BCUT2D eigenvalue weighted by molar-refractivity contribution is 5.25. The van der Waals surface area contributed by atoms with Crippen molar-refractivity contribution in [3.8, 4) is 0 Å². The largest absolute Gasteiger partial charge is 0.373 e. The second kappa shape index (κ2) is 5.33. The molecule has 0 saturated carbocycles. The molecule has 1 saturated heterocycles. The summed E-state index contributed by atoms with van der Waals surface area (Å²) in [5.41, 5.74) is 0.0527. The maximum atomic E-state index is 13.9. The zero-order chi connectivity index (χ0) is 13.2. The Balaban J connectivity index is 2.34. The van der Waals surface area contributed by atoms with Gasteiger partial charge in [0.25, 0.3) is 0 Å². The van der Waals surface area contributed by atoms with E-state index in [-0.39, 0.29) is 6.04 Å². The molecule has 100 valence electrons. The van der Waals surface area contributed by atoms with Crippen LogP contribution in [0, 0.1) is 11.6 Å². The standard InChI is InChI=1S/C14H19F2NO/c1-3-17-13(14(2)7-4-8-18-14)11-6-5-10(15)9-12(11)16/h5-6,9,13,17H,3-4,7-8H2,1-2H3. The number of hydrogen-bond donors (Lipinski definition) is 1. The van der Waals surface area contributed by atoms with Crippen LogP contribution in [0.5, 0.6) is 0 Å². The quantitative estimate of drug-likeness (QED) is 0.892. The number of nitrogens with one attached hydrogen (secondary N) is 1. The summed E-state index contributed by atoms with van der Waals surface area (Å²) in [4.78, 5) is 0. The van der Waals surface area contributed by atoms with Crippen LogP contribution in [-0.4, -0.2) is 18.8 Å². The summed E-state index contributed by atoms with van der Waals surface area (Å²) in [5.74, 6) is -1.07. The van der Waals surface area contributed by atoms with Gasteiger partial charge in [-0.2, -0.15) is 0 Å². The van der Waals surface area contributed by atoms with Crippen LogP contribution in [0.4, 0.5) is 8.78 Å². The molecule has 1 N–H and O–H groups in total. The minimum absolute atomic E-state index is 0.245. The molecule has 0 radical (unpaired) electrons. The number of halogens is 2. The third-order valence-corrected chi connectivity index (χ3v) is 3.54. The first kappa shape index (κ1) is 13.4. The molecule has 0 aliphatic carbocycles. The van der Waals surface area contributed by atoms with Crippen molar-refractivity contribution >= 4 is 0 Å². The minimum atomic E-state index is -0.552. The molecule has 1 aliphatic rings. The molecular weight excluding hydrogens is 236 g/mol. The van der Waals surface area contributed by atoms with Crippen LogP contribution in [0.1, 0.15) is 38.3 Å². The molecule has 2 unspecified atom stereocenters. The Labute approximate surface area is 106 Å². The second-order valence-electron chi connectivity index (χ2n) is 4.92. The van der Waals surface area contributed by atoms with Gasteiger partial charge < -0.3 is 10.1 Å². The van der Waals surface area contributed by atoms with Gasteiger partial charge in [0, 0.05) is 18.2 Å². The van der Waals surface area contributed by atoms with Gasteiger partial charge in [0.05, 0.1) is 11.6 Å². The molecule has 1 fully saturated rings. The lowest BCUT2D eigenvalue weighted by Gasteiger charge is -2.34. The molecule has 1 aromatic carbocycles. The molecular formula is C14H19F2NO. The highest BCUT2D eigenvalue weighted by atomic mass is 19.1. The van der Waals surface area contributed by atoms with Gasteiger partial charge in [0.2, 0.25) is 0 Å². The zero-order valence-corrected chi connectivity index (χ0v) is 10.8. The monoisotopic (exact) mass is 255 g/mol. The fourth-order valence-electron chi connectivity index (χ4n) is 2.62. The maximum Gasteiger partial charge on any atom is 0.131 e. The molecule has 2 atom stereocenters. The van der Waals surface area contributed by atoms with Gasteiger partial charge in [0.15, 0.2) is 0 Å². The Hall–Kier alpha value is -1.00. The van der Waals surface area contributed by atoms with Crippen molar-refractivity contribution in [1.82, 2.24) is 5.32 Å². The first-order valence-corrected chi connectivity index (χ1v) is 6.39. The van der Waals surface area contributed by atoms with Crippen molar-refractivity contribution < 1.29 is 13.5 Å². The Kier molecular flexibility index (Phi) is 3.97. The van der Waals surface area contributed by atoms with Gasteiger partial charge in [-0.15, -0.1) is 0 Å². The molecule has 2 rings (SSSR count). The number of hydrogen-bond acceptors (Lipinski definition) is 2. The van der Waals surface area contributed by atoms with Crippen molar-refractivity contribution in [2.24, 2.45) is 0 Å². The van der Waals surface area contributed by atoms with Crippen LogP contribution in [-0.2, 0) is 4.74 Å². The Morgan fingerprint density at radius 2 is 2.22 bits per heavy atom. The first-order valence-electron chi connectivity index (χ1n) is 6.39. The van der Waals surface area contributed by atoms with E-state index in [1.54, 1.807) is 0 Å². The van der Waals surface area contributed by atoms with Gasteiger partial charge in [-0.3, -0.25) is 0 Å². The van der Waals surface area contributed by atoms with E-state index in [1.807, 2.05) is 13.8 Å². The average Bonchev–Trinajstić information content (AvgIpc) is 2.75. The Bertz CT molecular complexity index is 416. The topological polar surface area (TPSA) is 21.3 Å². The summed E-state index contributed by atoms with van der Waals surface area (Å²) in [5, 5.41) is 3.25. The van der Waals surface area contributed by atoms with Crippen LogP contribution in [0.25, 0.3) is 0 Å². The maximum absolute atomic E-state index is 13.9. The molecule has 4 heteroatoms. The molecule has 1 aliphatic heterocycles. The van der Waals surface area contributed by atoms with Gasteiger partial charge >= 0.3 is 0 Å². The van der Waals surface area contributed by atoms with Gasteiger partial charge in [-0.1, -0.05) is 13.0 Å². The number of likely N-dealkylation sites (N-methyl/N-ethyl adjacent to an activating group) is 1. The van der Waals surface area contributed by atoms with Crippen LogP contribution in [0.3, 0.4) is 0 Å². The molecule has 1 heterocycles. The van der Waals surface area contributed by atoms with Crippen LogP contribution in [0.15, 0.2) is 18.2 Å². The van der Waals surface area contributed by atoms with Gasteiger partial charge in [0.1, 0.15) is 11.6 Å². The van der Waals surface area contributed by atoms with Crippen molar-refractivity contribution in [2.45, 2.75) is 38.3 Å². The van der Waals surface area contributed by atoms with Crippen molar-refractivity contribution in [1.29, 1.82) is 0 Å². The molecule has 0 spiro atoms. The number of benzene rings is 1. The second-order valence-corrected chi connectivity index (χ2v) is 4.92. The predicted molar refractivity (Wildman–Crippen MR) is 66.4 cm³/mol. The predicted octanol–water partition coefficient (Wildman–Crippen LogP) is 3.18. The molecule has 18 heavy (non-hydrogen) atoms. The third-order valence-electron chi connectivity index (χ3n) is 3.54. The minimum Gasteiger partial charge on any atom is -0.373 e. The molecule has 1 aromatic rings. The van der Waals surface area contributed by atoms with E-state index in [0.717, 1.165) is 18.9 Å². The highest BCUT2D eigenvalue weighted by Gasteiger charge is 2.40. The van der Waals surface area contributed by atoms with E-state index in [1.165, 1.54) is 12.1 Å². The lowest BCUT2D eigenvalue weighted by Crippen LogP contribution is -2.41. The van der Waals surface area contributed by atoms with Gasteiger partial charge in [-0.05, 0) is 32.4 Å². The average molecular weight is 255 g/mol. The van der Waals surface area contributed by atoms with Crippen molar-refractivity contribution in [3.63, 3.8) is 0 Å². The normalized spacial score (nSPS) is 25.3. The molecule has 0 amide bonds. The molecule has 0 aromatic heterocycles. The Morgan fingerprint density at radius 3 is 2.78 bits per heavy atom. The lowest BCUT2D eigenvalue weighted by molar-refractivity contribution is -0.0130. The fourth-order valence-corrected chi connectivity index (χ4v) is 2.62. The van der Waals surface area contributed by atoms with Crippen LogP contribution in [0.2, 0.25) is 0 Å². The van der Waals surface area contributed by atoms with Gasteiger partial charge in [-0.25, -0.2) is 8.78 Å². The highest BCUT2D eigenvalue weighted by Crippen LogP contribution is 2.38. The first-order chi connectivity index (χ1) is 8.57. The summed E-state index contributed by atoms with van der Waals surface area (Å²) in [6.45, 7) is 5.35. The summed E-state index contributed by atoms with van der Waals surface area (Å²) < 4.78 is 32.7. The summed E-state index contributed by atoms with van der Waals surface area (Å²) in [6, 6.07) is 3.48. The summed E-state index contributed by atoms with van der Waals surface area (Å²) >= 11 is 0. The van der Waals surface area contributed by atoms with Crippen LogP contribution < -0.4 is 5.32 Å². The number of rotatable bonds is 4. The number of ether oxygens (including phenoxy) is 1. The SMILES string of the molecule is CCNC(c1ccc(F)cc1F)C1(C)CCCO1. The fraction of sp³-hybridized carbons (Fsp3) is 0.571. The summed E-state index contributed by atoms with van der Waals surface area (Å²) in [6.07, 6.45) is 1.85. The molecule has 2 nitrogen and oxygen atoms in total. The van der Waals surface area contributed by atoms with E-state index >= 15 is 0 Å². The lowest BCUT2D eigenvalue weighted by atomic mass is 9.87. The van der Waals surface area contributed by atoms with E-state index in [0.29, 0.717) is 18.7 Å². The smallest absolute Gasteiger partial charge is 0.131 e. The van der Waals surface area contributed by atoms with E-state index < -0.39 is 17.2 Å². The van der Waals surface area contributed by atoms with Crippen LogP contribution >= 0.6 is 0 Å². The van der Waals surface area contributed by atoms with Crippen molar-refractivity contribution in [3.05, 3.63) is 35.4 Å². The van der Waals surface area contributed by atoms with E-state index in [2.05, 4.69) is 5.32 Å². The van der Waals surface area contributed by atoms with Crippen molar-refractivity contribution in [2.75, 3.05) is 13.2 Å². The molecule has 0 bridgehead atoms. The summed E-state index contributed by atoms with van der Waals surface area (Å²) in [7, 11) is 0. The van der Waals surface area contributed by atoms with E-state index in [9.17, 15) is 8.78 Å². The third kappa shape index (κ3) is 2.54.